The quantitative estimate of drug-likeness (QED) is 0.872. The van der Waals surface area contributed by atoms with Gasteiger partial charge in [0.1, 0.15) is 6.04 Å². The van der Waals surface area contributed by atoms with Crippen LogP contribution in [0.15, 0.2) is 24.3 Å². The maximum absolute atomic E-state index is 11.0. The van der Waals surface area contributed by atoms with Crippen molar-refractivity contribution in [1.29, 1.82) is 0 Å². The van der Waals surface area contributed by atoms with Gasteiger partial charge in [0.2, 0.25) is 0 Å². The van der Waals surface area contributed by atoms with Gasteiger partial charge < -0.3 is 10.0 Å². The monoisotopic (exact) mass is 266 g/mol. The highest BCUT2D eigenvalue weighted by molar-refractivity contribution is 8.00. The molecule has 1 aromatic rings. The van der Waals surface area contributed by atoms with Crippen molar-refractivity contribution in [2.75, 3.05) is 24.7 Å². The maximum Gasteiger partial charge on any atom is 0.321 e. The summed E-state index contributed by atoms with van der Waals surface area (Å²) >= 11 is 1.64. The molecule has 0 amide bonds. The van der Waals surface area contributed by atoms with E-state index < -0.39 is 12.0 Å². The molecular weight excluding hydrogens is 248 g/mol. The number of rotatable bonds is 3. The SMILES string of the molecule is CN(C)c1ccc(C2(C)NC(C(=O)O)CS2)cc1. The highest BCUT2D eigenvalue weighted by Crippen LogP contribution is 2.39. The molecule has 0 aliphatic carbocycles. The lowest BCUT2D eigenvalue weighted by Crippen LogP contribution is -2.41. The van der Waals surface area contributed by atoms with E-state index in [1.54, 1.807) is 11.8 Å². The number of carboxylic acids is 1. The van der Waals surface area contributed by atoms with Crippen LogP contribution in [0.3, 0.4) is 0 Å². The second-order valence-electron chi connectivity index (χ2n) is 4.82. The first-order valence-corrected chi connectivity index (χ1v) is 6.83. The summed E-state index contributed by atoms with van der Waals surface area (Å²) in [5.41, 5.74) is 2.25. The molecule has 2 N–H and O–H groups in total. The summed E-state index contributed by atoms with van der Waals surface area (Å²) in [6.45, 7) is 2.03. The number of thioether (sulfide) groups is 1. The molecule has 2 rings (SSSR count). The number of anilines is 1. The Labute approximate surface area is 111 Å². The Morgan fingerprint density at radius 1 is 1.44 bits per heavy atom. The zero-order chi connectivity index (χ0) is 13.3. The van der Waals surface area contributed by atoms with Gasteiger partial charge in [0, 0.05) is 25.5 Å². The Morgan fingerprint density at radius 2 is 2.06 bits per heavy atom. The van der Waals surface area contributed by atoms with Gasteiger partial charge in [-0.15, -0.1) is 11.8 Å². The van der Waals surface area contributed by atoms with Gasteiger partial charge in [-0.05, 0) is 24.6 Å². The fourth-order valence-corrected chi connectivity index (χ4v) is 3.30. The number of nitrogens with zero attached hydrogens (tertiary/aromatic N) is 1. The van der Waals surface area contributed by atoms with E-state index in [1.807, 2.05) is 25.9 Å². The first kappa shape index (κ1) is 13.2. The Hall–Kier alpha value is -1.20. The molecule has 2 unspecified atom stereocenters. The van der Waals surface area contributed by atoms with Crippen LogP contribution in [0.2, 0.25) is 0 Å². The van der Waals surface area contributed by atoms with Crippen molar-refractivity contribution in [3.05, 3.63) is 29.8 Å². The lowest BCUT2D eigenvalue weighted by Gasteiger charge is -2.25. The highest BCUT2D eigenvalue weighted by atomic mass is 32.2. The van der Waals surface area contributed by atoms with Crippen LogP contribution in [0.1, 0.15) is 12.5 Å². The van der Waals surface area contributed by atoms with E-state index in [-0.39, 0.29) is 4.87 Å². The molecular formula is C13H18N2O2S. The molecule has 0 radical (unpaired) electrons. The molecule has 0 bridgehead atoms. The maximum atomic E-state index is 11.0. The smallest absolute Gasteiger partial charge is 0.321 e. The minimum atomic E-state index is -0.781. The van der Waals surface area contributed by atoms with Crippen LogP contribution in [-0.2, 0) is 9.67 Å². The van der Waals surface area contributed by atoms with Crippen molar-refractivity contribution in [1.82, 2.24) is 5.32 Å². The van der Waals surface area contributed by atoms with Crippen LogP contribution in [0.4, 0.5) is 5.69 Å². The van der Waals surface area contributed by atoms with Crippen LogP contribution < -0.4 is 10.2 Å². The Kier molecular flexibility index (Phi) is 3.54. The molecule has 4 nitrogen and oxygen atoms in total. The second-order valence-corrected chi connectivity index (χ2v) is 6.26. The van der Waals surface area contributed by atoms with E-state index in [9.17, 15) is 4.79 Å². The number of nitrogens with one attached hydrogen (secondary N) is 1. The predicted molar refractivity (Wildman–Crippen MR) is 75.1 cm³/mol. The zero-order valence-corrected chi connectivity index (χ0v) is 11.6. The number of benzene rings is 1. The van der Waals surface area contributed by atoms with Crippen LogP contribution >= 0.6 is 11.8 Å². The summed E-state index contributed by atoms with van der Waals surface area (Å²) < 4.78 is 0. The van der Waals surface area contributed by atoms with Crippen molar-refractivity contribution >= 4 is 23.4 Å². The van der Waals surface area contributed by atoms with Gasteiger partial charge in [-0.3, -0.25) is 10.1 Å². The topological polar surface area (TPSA) is 52.6 Å². The Bertz CT molecular complexity index is 447. The first-order chi connectivity index (χ1) is 8.42. The summed E-state index contributed by atoms with van der Waals surface area (Å²) in [7, 11) is 4.00. The van der Waals surface area contributed by atoms with Crippen molar-refractivity contribution in [2.45, 2.75) is 17.8 Å². The molecule has 5 heteroatoms. The molecule has 0 saturated carbocycles. The standard InChI is InChI=1S/C13H18N2O2S/c1-13(14-11(8-18-13)12(16)17)9-4-6-10(7-5-9)15(2)3/h4-7,11,14H,8H2,1-3H3,(H,16,17). The predicted octanol–water partition coefficient (Wildman–Crippen LogP) is 1.71. The summed E-state index contributed by atoms with van der Waals surface area (Å²) in [6, 6.07) is 7.75. The third-order valence-corrected chi connectivity index (χ3v) is 4.65. The third kappa shape index (κ3) is 2.47. The van der Waals surface area contributed by atoms with Crippen molar-refractivity contribution in [3.8, 4) is 0 Å². The van der Waals surface area contributed by atoms with Gasteiger partial charge in [0.15, 0.2) is 0 Å². The van der Waals surface area contributed by atoms with E-state index in [0.29, 0.717) is 5.75 Å². The molecule has 1 aromatic carbocycles. The van der Waals surface area contributed by atoms with Gasteiger partial charge in [0.25, 0.3) is 0 Å². The van der Waals surface area contributed by atoms with Crippen LogP contribution in [0.25, 0.3) is 0 Å². The summed E-state index contributed by atoms with van der Waals surface area (Å²) in [5, 5.41) is 12.2. The second kappa shape index (κ2) is 4.82. The third-order valence-electron chi connectivity index (χ3n) is 3.22. The summed E-state index contributed by atoms with van der Waals surface area (Å²) in [5.74, 6) is -0.183. The Morgan fingerprint density at radius 3 is 2.50 bits per heavy atom. The van der Waals surface area contributed by atoms with E-state index in [1.165, 1.54) is 0 Å². The molecule has 1 aliphatic heterocycles. The molecule has 1 heterocycles. The average molecular weight is 266 g/mol. The summed E-state index contributed by atoms with van der Waals surface area (Å²) in [6.07, 6.45) is 0. The zero-order valence-electron chi connectivity index (χ0n) is 10.8. The lowest BCUT2D eigenvalue weighted by atomic mass is 10.1. The van der Waals surface area contributed by atoms with Crippen molar-refractivity contribution in [2.24, 2.45) is 0 Å². The number of carboxylic acid groups (broad SMARTS) is 1. The highest BCUT2D eigenvalue weighted by Gasteiger charge is 2.39. The lowest BCUT2D eigenvalue weighted by molar-refractivity contribution is -0.138. The van der Waals surface area contributed by atoms with Crippen LogP contribution in [-0.4, -0.2) is 37.0 Å². The minimum Gasteiger partial charge on any atom is -0.480 e. The van der Waals surface area contributed by atoms with Gasteiger partial charge in [-0.25, -0.2) is 0 Å². The van der Waals surface area contributed by atoms with Crippen molar-refractivity contribution < 1.29 is 9.90 Å². The largest absolute Gasteiger partial charge is 0.480 e. The van der Waals surface area contributed by atoms with Crippen LogP contribution in [0, 0.1) is 0 Å². The minimum absolute atomic E-state index is 0.312. The molecule has 98 valence electrons. The molecule has 18 heavy (non-hydrogen) atoms. The average Bonchev–Trinajstić information content (AvgIpc) is 2.74. The number of carbonyl (C=O) groups is 1. The van der Waals surface area contributed by atoms with Gasteiger partial charge in [0.05, 0.1) is 4.87 Å². The van der Waals surface area contributed by atoms with E-state index in [4.69, 9.17) is 5.11 Å². The van der Waals surface area contributed by atoms with E-state index in [0.717, 1.165) is 11.3 Å². The van der Waals surface area contributed by atoms with Gasteiger partial charge in [-0.2, -0.15) is 0 Å². The summed E-state index contributed by atoms with van der Waals surface area (Å²) in [4.78, 5) is 12.7. The number of aliphatic carboxylic acids is 1. The normalized spacial score (nSPS) is 27.2. The number of hydrogen-bond acceptors (Lipinski definition) is 4. The fourth-order valence-electron chi connectivity index (χ4n) is 2.04. The Balaban J connectivity index is 2.19. The molecule has 1 saturated heterocycles. The van der Waals surface area contributed by atoms with Gasteiger partial charge >= 0.3 is 5.97 Å². The van der Waals surface area contributed by atoms with Gasteiger partial charge in [-0.1, -0.05) is 12.1 Å². The molecule has 1 fully saturated rings. The fraction of sp³-hybridized carbons (Fsp3) is 0.462. The molecule has 1 aliphatic rings. The van der Waals surface area contributed by atoms with E-state index in [2.05, 4.69) is 29.6 Å². The molecule has 0 aromatic heterocycles. The van der Waals surface area contributed by atoms with Crippen molar-refractivity contribution in [3.63, 3.8) is 0 Å². The number of hydrogen-bond donors (Lipinski definition) is 2. The first-order valence-electron chi connectivity index (χ1n) is 5.85. The molecule has 2 atom stereocenters. The van der Waals surface area contributed by atoms with E-state index >= 15 is 0 Å². The van der Waals surface area contributed by atoms with Crippen LogP contribution in [0.5, 0.6) is 0 Å². The molecule has 0 spiro atoms.